The molecule has 0 unspecified atom stereocenters. The zero-order valence-corrected chi connectivity index (χ0v) is 34.8. The molecular formula is C58H34BNO4. The molecule has 5 nitrogen and oxygen atoms in total. The SMILES string of the molecule is Cc1ccc(N2c3ccc(-c4ccc5oc6cc7ccccc7cc6c5c4)c4c3B3c5c(cc(C)cc5Oc5c(-c6ccc7oc8cc9ccccc9cc8c7c6)ccc2c53)O4)cc1. The minimum absolute atomic E-state index is 0.139. The molecule has 298 valence electrons. The highest BCUT2D eigenvalue weighted by Gasteiger charge is 2.49. The third kappa shape index (κ3) is 4.64. The Bertz CT molecular complexity index is 3830. The van der Waals surface area contributed by atoms with Crippen LogP contribution in [-0.4, -0.2) is 6.71 Å². The van der Waals surface area contributed by atoms with E-state index in [1.165, 1.54) is 16.3 Å². The lowest BCUT2D eigenvalue weighted by molar-refractivity contribution is 0.465. The first-order valence-corrected chi connectivity index (χ1v) is 21.9. The maximum Gasteiger partial charge on any atom is 0.266 e. The van der Waals surface area contributed by atoms with Crippen molar-refractivity contribution in [3.05, 3.63) is 181 Å². The summed E-state index contributed by atoms with van der Waals surface area (Å²) in [4.78, 5) is 2.40. The molecule has 0 saturated carbocycles. The first-order valence-electron chi connectivity index (χ1n) is 21.9. The molecule has 10 aromatic carbocycles. The van der Waals surface area contributed by atoms with Crippen LogP contribution in [-0.2, 0) is 0 Å². The molecule has 0 fully saturated rings. The fourth-order valence-corrected chi connectivity index (χ4v) is 11.0. The highest BCUT2D eigenvalue weighted by atomic mass is 16.5. The smallest absolute Gasteiger partial charge is 0.266 e. The van der Waals surface area contributed by atoms with Crippen molar-refractivity contribution in [3.8, 4) is 45.3 Å². The number of rotatable bonds is 3. The van der Waals surface area contributed by atoms with E-state index in [0.717, 1.165) is 139 Å². The van der Waals surface area contributed by atoms with E-state index in [2.05, 4.69) is 189 Å². The monoisotopic (exact) mass is 819 g/mol. The zero-order chi connectivity index (χ0) is 41.9. The fraction of sp³-hybridized carbons (Fsp3) is 0.0345. The van der Waals surface area contributed by atoms with Gasteiger partial charge in [0.1, 0.15) is 45.3 Å². The molecule has 0 radical (unpaired) electrons. The second-order valence-electron chi connectivity index (χ2n) is 17.8. The molecule has 6 heteroatoms. The number of ether oxygens (including phenoxy) is 2. The molecule has 0 bridgehead atoms. The molecule has 3 aliphatic rings. The van der Waals surface area contributed by atoms with Crippen LogP contribution in [0.3, 0.4) is 0 Å². The van der Waals surface area contributed by atoms with Gasteiger partial charge < -0.3 is 23.2 Å². The molecule has 0 saturated heterocycles. The summed E-state index contributed by atoms with van der Waals surface area (Å²) in [6.45, 7) is 4.11. The van der Waals surface area contributed by atoms with Crippen LogP contribution < -0.4 is 30.8 Å². The standard InChI is InChI=1S/C58H34BNO4/c1-31-11-15-39(16-12-31)60-46-19-17-40(37-13-21-48-42(27-37)44-25-33-7-3-5-9-35(33)29-50(44)61-48)57-54(46)59-55-47(60)20-18-41(58(55)64-53-24-32(2)23-52(63-57)56(53)59)38-14-22-49-43(28-38)45-26-34-8-4-6-10-36(34)30-51(45)62-49/h3-30H,1-2H3. The number of hydrogen-bond donors (Lipinski definition) is 0. The van der Waals surface area contributed by atoms with Crippen molar-refractivity contribution in [2.45, 2.75) is 13.8 Å². The average Bonchev–Trinajstić information content (AvgIpc) is 3.86. The summed E-state index contributed by atoms with van der Waals surface area (Å²) in [5, 5.41) is 9.07. The van der Waals surface area contributed by atoms with Crippen molar-refractivity contribution >= 4 is 106 Å². The first-order chi connectivity index (χ1) is 31.5. The Morgan fingerprint density at radius 2 is 0.859 bits per heavy atom. The number of furan rings is 2. The molecule has 12 aromatic rings. The summed E-state index contributed by atoms with van der Waals surface area (Å²) < 4.78 is 27.4. The van der Waals surface area contributed by atoms with E-state index in [1.807, 2.05) is 0 Å². The molecular weight excluding hydrogens is 785 g/mol. The molecule has 0 aliphatic carbocycles. The highest BCUT2D eigenvalue weighted by molar-refractivity contribution is 7.00. The first kappa shape index (κ1) is 34.4. The van der Waals surface area contributed by atoms with Crippen LogP contribution in [0.2, 0.25) is 0 Å². The van der Waals surface area contributed by atoms with E-state index in [1.54, 1.807) is 0 Å². The molecule has 3 aliphatic heterocycles. The lowest BCUT2D eigenvalue weighted by atomic mass is 9.33. The normalized spacial score (nSPS) is 13.3. The van der Waals surface area contributed by atoms with Crippen molar-refractivity contribution in [2.75, 3.05) is 4.90 Å². The minimum Gasteiger partial charge on any atom is -0.458 e. The van der Waals surface area contributed by atoms with E-state index in [4.69, 9.17) is 18.3 Å². The van der Waals surface area contributed by atoms with E-state index in [9.17, 15) is 0 Å². The molecule has 64 heavy (non-hydrogen) atoms. The van der Waals surface area contributed by atoms with Gasteiger partial charge in [-0.05, 0) is 160 Å². The lowest BCUT2D eigenvalue weighted by Gasteiger charge is -2.43. The molecule has 2 aromatic heterocycles. The molecule has 0 atom stereocenters. The van der Waals surface area contributed by atoms with Crippen LogP contribution in [0, 0.1) is 13.8 Å². The van der Waals surface area contributed by atoms with Gasteiger partial charge in [0.25, 0.3) is 6.71 Å². The van der Waals surface area contributed by atoms with Gasteiger partial charge in [0.05, 0.1) is 0 Å². The van der Waals surface area contributed by atoms with Crippen LogP contribution in [0.4, 0.5) is 17.1 Å². The van der Waals surface area contributed by atoms with Crippen LogP contribution in [0.15, 0.2) is 179 Å². The van der Waals surface area contributed by atoms with Crippen molar-refractivity contribution in [1.82, 2.24) is 0 Å². The summed E-state index contributed by atoms with van der Waals surface area (Å²) in [7, 11) is 0. The zero-order valence-electron chi connectivity index (χ0n) is 34.8. The predicted octanol–water partition coefficient (Wildman–Crippen LogP) is 14.3. The maximum absolute atomic E-state index is 7.24. The van der Waals surface area contributed by atoms with E-state index < -0.39 is 0 Å². The Morgan fingerprint density at radius 3 is 1.36 bits per heavy atom. The van der Waals surface area contributed by atoms with Crippen molar-refractivity contribution in [1.29, 1.82) is 0 Å². The van der Waals surface area contributed by atoms with E-state index >= 15 is 0 Å². The number of anilines is 3. The van der Waals surface area contributed by atoms with Gasteiger partial charge >= 0.3 is 0 Å². The third-order valence-electron chi connectivity index (χ3n) is 14.0. The van der Waals surface area contributed by atoms with Gasteiger partial charge in [0, 0.05) is 55.2 Å². The molecule has 0 N–H and O–H groups in total. The van der Waals surface area contributed by atoms with Gasteiger partial charge in [-0.15, -0.1) is 0 Å². The Kier molecular flexibility index (Phi) is 6.58. The number of benzene rings is 10. The quantitative estimate of drug-likeness (QED) is 0.166. The van der Waals surface area contributed by atoms with Crippen molar-refractivity contribution in [2.24, 2.45) is 0 Å². The fourth-order valence-electron chi connectivity index (χ4n) is 11.0. The predicted molar refractivity (Wildman–Crippen MR) is 262 cm³/mol. The Hall–Kier alpha value is -8.22. The van der Waals surface area contributed by atoms with Gasteiger partial charge in [-0.3, -0.25) is 0 Å². The lowest BCUT2D eigenvalue weighted by Crippen LogP contribution is -2.61. The highest BCUT2D eigenvalue weighted by Crippen LogP contribution is 2.51. The maximum atomic E-state index is 7.24. The van der Waals surface area contributed by atoms with Crippen LogP contribution in [0.1, 0.15) is 11.1 Å². The minimum atomic E-state index is -0.139. The van der Waals surface area contributed by atoms with Gasteiger partial charge in [0.2, 0.25) is 0 Å². The molecule has 0 amide bonds. The van der Waals surface area contributed by atoms with Crippen LogP contribution in [0.5, 0.6) is 23.0 Å². The Morgan fingerprint density at radius 1 is 0.391 bits per heavy atom. The number of aryl methyl sites for hydroxylation is 2. The molecule has 0 spiro atoms. The summed E-state index contributed by atoms with van der Waals surface area (Å²) in [6.07, 6.45) is 0. The van der Waals surface area contributed by atoms with Crippen molar-refractivity contribution in [3.63, 3.8) is 0 Å². The van der Waals surface area contributed by atoms with Crippen LogP contribution in [0.25, 0.3) is 87.7 Å². The second kappa shape index (κ2) is 12.2. The van der Waals surface area contributed by atoms with Crippen molar-refractivity contribution < 1.29 is 18.3 Å². The number of fused-ring (bicyclic) bond motifs is 8. The van der Waals surface area contributed by atoms with Gasteiger partial charge in [-0.25, -0.2) is 0 Å². The van der Waals surface area contributed by atoms with Gasteiger partial charge in [0.15, 0.2) is 0 Å². The third-order valence-corrected chi connectivity index (χ3v) is 14.0. The van der Waals surface area contributed by atoms with Crippen LogP contribution >= 0.6 is 0 Å². The second-order valence-corrected chi connectivity index (χ2v) is 17.8. The summed E-state index contributed by atoms with van der Waals surface area (Å²) in [6, 6.07) is 61.0. The van der Waals surface area contributed by atoms with Gasteiger partial charge in [-0.1, -0.05) is 78.4 Å². The summed E-state index contributed by atoms with van der Waals surface area (Å²) in [5.74, 6) is 3.39. The summed E-state index contributed by atoms with van der Waals surface area (Å²) >= 11 is 0. The topological polar surface area (TPSA) is 48.0 Å². The molecule has 5 heterocycles. The molecule has 15 rings (SSSR count). The Labute approximate surface area is 367 Å². The van der Waals surface area contributed by atoms with E-state index in [-0.39, 0.29) is 6.71 Å². The number of hydrogen-bond acceptors (Lipinski definition) is 5. The van der Waals surface area contributed by atoms with Gasteiger partial charge in [-0.2, -0.15) is 0 Å². The Balaban J connectivity index is 0.982. The number of nitrogens with zero attached hydrogens (tertiary/aromatic N) is 1. The largest absolute Gasteiger partial charge is 0.458 e. The van der Waals surface area contributed by atoms with E-state index in [0.29, 0.717) is 0 Å². The average molecular weight is 820 g/mol. The summed E-state index contributed by atoms with van der Waals surface area (Å²) in [5.41, 5.74) is 16.6.